The summed E-state index contributed by atoms with van der Waals surface area (Å²) in [6.07, 6.45) is 8.68. The number of hydrogen-bond acceptors (Lipinski definition) is 4. The summed E-state index contributed by atoms with van der Waals surface area (Å²) in [5, 5.41) is 3.00. The summed E-state index contributed by atoms with van der Waals surface area (Å²) < 4.78 is 29.9. The molecule has 3 aromatic heterocycles. The molecule has 1 N–H and O–H groups in total. The van der Waals surface area contributed by atoms with Crippen LogP contribution in [0, 0.1) is 0 Å². The molecule has 5 rings (SSSR count). The number of imidazole rings is 1. The van der Waals surface area contributed by atoms with Gasteiger partial charge in [-0.3, -0.25) is 0 Å². The second-order valence-electron chi connectivity index (χ2n) is 7.59. The van der Waals surface area contributed by atoms with Crippen molar-refractivity contribution in [1.82, 2.24) is 19.4 Å². The zero-order valence-electron chi connectivity index (χ0n) is 15.6. The Bertz CT molecular complexity index is 1090. The highest BCUT2D eigenvalue weighted by Gasteiger charge is 2.43. The van der Waals surface area contributed by atoms with Crippen LogP contribution in [-0.2, 0) is 6.42 Å². The number of rotatable bonds is 6. The summed E-state index contributed by atoms with van der Waals surface area (Å²) in [6.45, 7) is 2.08. The molecule has 0 aromatic carbocycles. The van der Waals surface area contributed by atoms with Crippen molar-refractivity contribution in [3.05, 3.63) is 59.3 Å². The van der Waals surface area contributed by atoms with Crippen LogP contribution < -0.4 is 5.32 Å². The Morgan fingerprint density at radius 3 is 2.93 bits per heavy atom. The summed E-state index contributed by atoms with van der Waals surface area (Å²) in [5.74, 6) is 0.466. The second-order valence-corrected chi connectivity index (χ2v) is 7.59. The fourth-order valence-corrected chi connectivity index (χ4v) is 3.61. The normalized spacial score (nSPS) is 18.0. The number of pyridine rings is 1. The van der Waals surface area contributed by atoms with E-state index >= 15 is 0 Å². The van der Waals surface area contributed by atoms with Crippen molar-refractivity contribution < 1.29 is 10.2 Å². The van der Waals surface area contributed by atoms with Gasteiger partial charge in [0.2, 0.25) is 5.95 Å². The van der Waals surface area contributed by atoms with Crippen LogP contribution in [0.25, 0.3) is 11.2 Å². The summed E-state index contributed by atoms with van der Waals surface area (Å²) in [5.41, 5.74) is 4.08. The van der Waals surface area contributed by atoms with Gasteiger partial charge in [0.25, 0.3) is 0 Å². The first-order chi connectivity index (χ1) is 13.6. The number of anilines is 1. The van der Waals surface area contributed by atoms with Gasteiger partial charge in [0.15, 0.2) is 0 Å². The number of hydrogen-bond donors (Lipinski definition) is 1. The summed E-state index contributed by atoms with van der Waals surface area (Å²) in [7, 11) is 0. The molecule has 7 heteroatoms. The lowest BCUT2D eigenvalue weighted by Crippen LogP contribution is -2.17. The molecule has 28 heavy (non-hydrogen) atoms. The zero-order valence-corrected chi connectivity index (χ0v) is 15.6. The zero-order chi connectivity index (χ0) is 19.3. The van der Waals surface area contributed by atoms with Crippen molar-refractivity contribution in [3.63, 3.8) is 0 Å². The van der Waals surface area contributed by atoms with Gasteiger partial charge < -0.3 is 9.72 Å². The minimum Gasteiger partial charge on any atom is -0.351 e. The van der Waals surface area contributed by atoms with E-state index in [-0.39, 0.29) is 7.97 Å². The van der Waals surface area contributed by atoms with Crippen molar-refractivity contribution >= 4 is 17.2 Å². The van der Waals surface area contributed by atoms with Gasteiger partial charge in [0, 0.05) is 25.8 Å². The van der Waals surface area contributed by atoms with Crippen LogP contribution in [0.15, 0.2) is 36.8 Å². The Balaban J connectivity index is 0.00000205. The molecule has 0 aliphatic heterocycles. The van der Waals surface area contributed by atoms with E-state index in [1.54, 1.807) is 12.4 Å². The molecule has 5 nitrogen and oxygen atoms in total. The summed E-state index contributed by atoms with van der Waals surface area (Å²) in [6, 6.07) is 3.88. The number of nitrogens with zero attached hydrogens (tertiary/aromatic N) is 4. The number of allylic oxidation sites excluding steroid dienone is 1. The first-order valence-corrected chi connectivity index (χ1v) is 9.67. The molecule has 0 spiro atoms. The van der Waals surface area contributed by atoms with E-state index in [2.05, 4.69) is 26.3 Å². The van der Waals surface area contributed by atoms with Gasteiger partial charge in [0.1, 0.15) is 17.5 Å². The van der Waals surface area contributed by atoms with E-state index in [0.29, 0.717) is 37.3 Å². The van der Waals surface area contributed by atoms with Gasteiger partial charge in [0.05, 0.1) is 24.1 Å². The number of aromatic nitrogens is 4. The van der Waals surface area contributed by atoms with E-state index in [9.17, 15) is 8.78 Å². The molecule has 1 atom stereocenters. The van der Waals surface area contributed by atoms with Crippen LogP contribution in [0.4, 0.5) is 14.7 Å². The highest BCUT2D eigenvalue weighted by Crippen LogP contribution is 2.39. The van der Waals surface area contributed by atoms with E-state index < -0.39 is 11.8 Å². The number of halogens is 2. The lowest BCUT2D eigenvalue weighted by Gasteiger charge is -2.11. The third-order valence-corrected chi connectivity index (χ3v) is 5.54. The van der Waals surface area contributed by atoms with Crippen molar-refractivity contribution in [2.24, 2.45) is 0 Å². The maximum atomic E-state index is 14.3. The lowest BCUT2D eigenvalue weighted by molar-refractivity contribution is 0.325. The van der Waals surface area contributed by atoms with Gasteiger partial charge in [-0.05, 0) is 42.5 Å². The molecular weight excluding hydrogens is 360 g/mol. The first-order valence-electron chi connectivity index (χ1n) is 9.67. The Labute approximate surface area is 163 Å². The standard InChI is InChI=1S/C21H21F2N5.H2/c1-2-16(22)18-10-24-19-6-3-13(11-28(18)19)14-4-5-17-15(14)9-25-20(27-17)26-12-21(23)7-8-21;/h3-4,6,9-11,16H,2,5,7-8,12H2,1H3,(H,25,26,27);1H. The van der Waals surface area contributed by atoms with Crippen molar-refractivity contribution in [2.75, 3.05) is 11.9 Å². The van der Waals surface area contributed by atoms with Gasteiger partial charge in [-0.15, -0.1) is 0 Å². The fraction of sp³-hybridized carbons (Fsp3) is 0.381. The Morgan fingerprint density at radius 1 is 1.29 bits per heavy atom. The monoisotopic (exact) mass is 383 g/mol. The number of nitrogens with one attached hydrogen (secondary N) is 1. The minimum atomic E-state index is -1.09. The molecule has 146 valence electrons. The van der Waals surface area contributed by atoms with Crippen molar-refractivity contribution in [3.8, 4) is 0 Å². The van der Waals surface area contributed by atoms with Gasteiger partial charge in [-0.1, -0.05) is 13.0 Å². The number of fused-ring (bicyclic) bond motifs is 2. The SMILES string of the molecule is CCC(F)c1cnc2ccc(C3=CCc4nc(NCC5(F)CC5)ncc43)cn12.[HH]. The lowest BCUT2D eigenvalue weighted by atomic mass is 10.0. The Kier molecular flexibility index (Phi) is 3.92. The van der Waals surface area contributed by atoms with Gasteiger partial charge in [-0.2, -0.15) is 0 Å². The molecule has 3 aromatic rings. The Hall–Kier alpha value is -2.83. The third kappa shape index (κ3) is 2.95. The van der Waals surface area contributed by atoms with Crippen LogP contribution in [0.1, 0.15) is 56.3 Å². The highest BCUT2D eigenvalue weighted by atomic mass is 19.1. The maximum absolute atomic E-state index is 14.3. The van der Waals surface area contributed by atoms with Crippen molar-refractivity contribution in [2.45, 2.75) is 44.4 Å². The highest BCUT2D eigenvalue weighted by molar-refractivity contribution is 5.84. The van der Waals surface area contributed by atoms with Crippen LogP contribution in [0.5, 0.6) is 0 Å². The predicted molar refractivity (Wildman–Crippen MR) is 106 cm³/mol. The average Bonchev–Trinajstić information content (AvgIpc) is 3.13. The van der Waals surface area contributed by atoms with Gasteiger partial charge in [-0.25, -0.2) is 23.7 Å². The topological polar surface area (TPSA) is 55.1 Å². The van der Waals surface area contributed by atoms with Crippen LogP contribution >= 0.6 is 0 Å². The minimum absolute atomic E-state index is 0. The third-order valence-electron chi connectivity index (χ3n) is 5.54. The second kappa shape index (κ2) is 6.36. The molecule has 0 amide bonds. The molecular formula is C21H23F2N5. The van der Waals surface area contributed by atoms with E-state index in [4.69, 9.17) is 0 Å². The average molecular weight is 383 g/mol. The molecule has 3 heterocycles. The predicted octanol–water partition coefficient (Wildman–Crippen LogP) is 4.69. The van der Waals surface area contributed by atoms with Crippen LogP contribution in [0.3, 0.4) is 0 Å². The quantitative estimate of drug-likeness (QED) is 0.671. The summed E-state index contributed by atoms with van der Waals surface area (Å²) >= 11 is 0. The molecule has 2 aliphatic rings. The van der Waals surface area contributed by atoms with Gasteiger partial charge >= 0.3 is 0 Å². The fourth-order valence-electron chi connectivity index (χ4n) is 3.61. The molecule has 0 saturated heterocycles. The summed E-state index contributed by atoms with van der Waals surface area (Å²) in [4.78, 5) is 13.2. The molecule has 0 radical (unpaired) electrons. The molecule has 1 fully saturated rings. The smallest absolute Gasteiger partial charge is 0.223 e. The first kappa shape index (κ1) is 17.3. The molecule has 1 saturated carbocycles. The van der Waals surface area contributed by atoms with E-state index in [0.717, 1.165) is 28.0 Å². The maximum Gasteiger partial charge on any atom is 0.223 e. The van der Waals surface area contributed by atoms with Crippen LogP contribution in [0.2, 0.25) is 0 Å². The number of alkyl halides is 2. The molecule has 1 unspecified atom stereocenters. The van der Waals surface area contributed by atoms with Crippen molar-refractivity contribution in [1.29, 1.82) is 0 Å². The van der Waals surface area contributed by atoms with Crippen LogP contribution in [-0.4, -0.2) is 31.6 Å². The largest absolute Gasteiger partial charge is 0.351 e. The molecule has 0 bridgehead atoms. The van der Waals surface area contributed by atoms with E-state index in [1.807, 2.05) is 29.7 Å². The Morgan fingerprint density at radius 2 is 2.14 bits per heavy atom. The van der Waals surface area contributed by atoms with E-state index in [1.165, 1.54) is 0 Å². The molecule has 2 aliphatic carbocycles.